The standard InChI is InChI=1S/C13H19N3O2/c1-9-8-16(2)7-6-10(9)14-12-5-3-4-11(15-12)13(17)18/h3-5,9-10H,6-8H2,1-2H3,(H,14,15)(H,17,18). The summed E-state index contributed by atoms with van der Waals surface area (Å²) in [6.45, 7) is 4.31. The summed E-state index contributed by atoms with van der Waals surface area (Å²) < 4.78 is 0. The van der Waals surface area contributed by atoms with Gasteiger partial charge in [-0.2, -0.15) is 0 Å². The Balaban J connectivity index is 2.05. The Morgan fingerprint density at radius 3 is 3.00 bits per heavy atom. The van der Waals surface area contributed by atoms with Crippen molar-refractivity contribution in [3.8, 4) is 0 Å². The third kappa shape index (κ3) is 2.98. The van der Waals surface area contributed by atoms with Crippen LogP contribution in [-0.4, -0.2) is 47.1 Å². The van der Waals surface area contributed by atoms with Crippen LogP contribution in [0, 0.1) is 5.92 Å². The quantitative estimate of drug-likeness (QED) is 0.850. The highest BCUT2D eigenvalue weighted by Crippen LogP contribution is 2.19. The van der Waals surface area contributed by atoms with Gasteiger partial charge in [-0.15, -0.1) is 0 Å². The maximum atomic E-state index is 10.9. The molecule has 2 N–H and O–H groups in total. The van der Waals surface area contributed by atoms with Crippen LogP contribution in [0.25, 0.3) is 0 Å². The van der Waals surface area contributed by atoms with Crippen molar-refractivity contribution in [1.29, 1.82) is 0 Å². The fraction of sp³-hybridized carbons (Fsp3) is 0.538. The molecular formula is C13H19N3O2. The van der Waals surface area contributed by atoms with E-state index < -0.39 is 5.97 Å². The lowest BCUT2D eigenvalue weighted by molar-refractivity contribution is 0.0690. The van der Waals surface area contributed by atoms with Crippen LogP contribution in [0.5, 0.6) is 0 Å². The molecule has 1 saturated heterocycles. The molecule has 0 aromatic carbocycles. The molecule has 5 heteroatoms. The number of nitrogens with one attached hydrogen (secondary N) is 1. The molecule has 5 nitrogen and oxygen atoms in total. The summed E-state index contributed by atoms with van der Waals surface area (Å²) in [4.78, 5) is 17.3. The molecule has 0 radical (unpaired) electrons. The van der Waals surface area contributed by atoms with Gasteiger partial charge in [-0.25, -0.2) is 9.78 Å². The third-order valence-electron chi connectivity index (χ3n) is 3.41. The van der Waals surface area contributed by atoms with Gasteiger partial charge in [0.2, 0.25) is 0 Å². The van der Waals surface area contributed by atoms with Crippen molar-refractivity contribution < 1.29 is 9.90 Å². The fourth-order valence-corrected chi connectivity index (χ4v) is 2.39. The van der Waals surface area contributed by atoms with E-state index in [-0.39, 0.29) is 5.69 Å². The Labute approximate surface area is 107 Å². The molecule has 18 heavy (non-hydrogen) atoms. The number of carboxylic acids is 1. The van der Waals surface area contributed by atoms with E-state index in [0.29, 0.717) is 17.8 Å². The van der Waals surface area contributed by atoms with Gasteiger partial charge in [0.05, 0.1) is 0 Å². The van der Waals surface area contributed by atoms with Gasteiger partial charge in [0, 0.05) is 12.6 Å². The van der Waals surface area contributed by atoms with Crippen molar-refractivity contribution in [2.75, 3.05) is 25.5 Å². The minimum absolute atomic E-state index is 0.0839. The van der Waals surface area contributed by atoms with Crippen molar-refractivity contribution in [3.63, 3.8) is 0 Å². The molecule has 1 aliphatic heterocycles. The van der Waals surface area contributed by atoms with Crippen LogP contribution in [0.3, 0.4) is 0 Å². The lowest BCUT2D eigenvalue weighted by Crippen LogP contribution is -2.43. The van der Waals surface area contributed by atoms with Crippen LogP contribution in [0.1, 0.15) is 23.8 Å². The first-order valence-corrected chi connectivity index (χ1v) is 6.21. The summed E-state index contributed by atoms with van der Waals surface area (Å²) in [5, 5.41) is 12.3. The smallest absolute Gasteiger partial charge is 0.354 e. The van der Waals surface area contributed by atoms with Gasteiger partial charge in [-0.1, -0.05) is 13.0 Å². The molecule has 0 saturated carbocycles. The Hall–Kier alpha value is -1.62. The highest BCUT2D eigenvalue weighted by Gasteiger charge is 2.24. The maximum Gasteiger partial charge on any atom is 0.354 e. The molecule has 1 aliphatic rings. The second kappa shape index (κ2) is 5.35. The molecule has 2 unspecified atom stereocenters. The minimum Gasteiger partial charge on any atom is -0.477 e. The second-order valence-electron chi connectivity index (χ2n) is 4.99. The van der Waals surface area contributed by atoms with Crippen molar-refractivity contribution in [1.82, 2.24) is 9.88 Å². The average Bonchev–Trinajstić information content (AvgIpc) is 2.33. The van der Waals surface area contributed by atoms with E-state index in [1.807, 2.05) is 6.07 Å². The number of aromatic carboxylic acids is 1. The molecule has 1 aromatic heterocycles. The Kier molecular flexibility index (Phi) is 3.81. The van der Waals surface area contributed by atoms with Crippen LogP contribution < -0.4 is 5.32 Å². The van der Waals surface area contributed by atoms with Crippen LogP contribution in [0.4, 0.5) is 5.82 Å². The van der Waals surface area contributed by atoms with E-state index >= 15 is 0 Å². The van der Waals surface area contributed by atoms with Gasteiger partial charge >= 0.3 is 5.97 Å². The Morgan fingerprint density at radius 1 is 1.56 bits per heavy atom. The molecule has 1 aromatic rings. The number of hydrogen-bond donors (Lipinski definition) is 2. The third-order valence-corrected chi connectivity index (χ3v) is 3.41. The zero-order valence-electron chi connectivity index (χ0n) is 10.8. The molecule has 2 rings (SSSR count). The molecule has 2 atom stereocenters. The summed E-state index contributed by atoms with van der Waals surface area (Å²) >= 11 is 0. The van der Waals surface area contributed by atoms with Gasteiger partial charge in [-0.3, -0.25) is 0 Å². The monoisotopic (exact) mass is 249 g/mol. The first-order chi connectivity index (χ1) is 8.56. The number of piperidine rings is 1. The van der Waals surface area contributed by atoms with E-state index in [4.69, 9.17) is 5.11 Å². The summed E-state index contributed by atoms with van der Waals surface area (Å²) in [5.41, 5.74) is 0.0839. The molecule has 1 fully saturated rings. The van der Waals surface area contributed by atoms with Gasteiger partial charge in [-0.05, 0) is 38.1 Å². The summed E-state index contributed by atoms with van der Waals surface area (Å²) in [6.07, 6.45) is 1.05. The Morgan fingerprint density at radius 2 is 2.33 bits per heavy atom. The predicted octanol–water partition coefficient (Wildman–Crippen LogP) is 1.53. The number of rotatable bonds is 3. The molecule has 0 amide bonds. The molecule has 98 valence electrons. The van der Waals surface area contributed by atoms with Crippen LogP contribution in [0.2, 0.25) is 0 Å². The van der Waals surface area contributed by atoms with Crippen LogP contribution >= 0.6 is 0 Å². The zero-order chi connectivity index (χ0) is 13.1. The number of nitrogens with zero attached hydrogens (tertiary/aromatic N) is 2. The van der Waals surface area contributed by atoms with Gasteiger partial charge < -0.3 is 15.3 Å². The van der Waals surface area contributed by atoms with Gasteiger partial charge in [0.15, 0.2) is 5.69 Å². The van der Waals surface area contributed by atoms with Crippen LogP contribution in [0.15, 0.2) is 18.2 Å². The van der Waals surface area contributed by atoms with Gasteiger partial charge in [0.1, 0.15) is 5.82 Å². The molecule has 2 heterocycles. The van der Waals surface area contributed by atoms with Crippen molar-refractivity contribution in [2.45, 2.75) is 19.4 Å². The lowest BCUT2D eigenvalue weighted by atomic mass is 9.94. The van der Waals surface area contributed by atoms with E-state index in [1.54, 1.807) is 6.07 Å². The van der Waals surface area contributed by atoms with E-state index in [9.17, 15) is 4.79 Å². The number of carboxylic acid groups (broad SMARTS) is 1. The largest absolute Gasteiger partial charge is 0.477 e. The second-order valence-corrected chi connectivity index (χ2v) is 4.99. The van der Waals surface area contributed by atoms with Crippen LogP contribution in [-0.2, 0) is 0 Å². The van der Waals surface area contributed by atoms with Crippen molar-refractivity contribution in [3.05, 3.63) is 23.9 Å². The summed E-state index contributed by atoms with van der Waals surface area (Å²) in [7, 11) is 2.12. The molecule has 0 aliphatic carbocycles. The molecule has 0 spiro atoms. The number of anilines is 1. The summed E-state index contributed by atoms with van der Waals surface area (Å²) in [5.74, 6) is 0.186. The number of likely N-dealkylation sites (tertiary alicyclic amines) is 1. The lowest BCUT2D eigenvalue weighted by Gasteiger charge is -2.35. The number of hydrogen-bond acceptors (Lipinski definition) is 4. The van der Waals surface area contributed by atoms with Crippen molar-refractivity contribution >= 4 is 11.8 Å². The number of aromatic nitrogens is 1. The van der Waals surface area contributed by atoms with E-state index in [1.165, 1.54) is 6.07 Å². The highest BCUT2D eigenvalue weighted by molar-refractivity contribution is 5.85. The highest BCUT2D eigenvalue weighted by atomic mass is 16.4. The minimum atomic E-state index is -0.991. The summed E-state index contributed by atoms with van der Waals surface area (Å²) in [6, 6.07) is 5.40. The zero-order valence-corrected chi connectivity index (χ0v) is 10.8. The fourth-order valence-electron chi connectivity index (χ4n) is 2.39. The maximum absolute atomic E-state index is 10.9. The molecule has 0 bridgehead atoms. The number of pyridine rings is 1. The van der Waals surface area contributed by atoms with E-state index in [2.05, 4.69) is 29.2 Å². The van der Waals surface area contributed by atoms with Crippen molar-refractivity contribution in [2.24, 2.45) is 5.92 Å². The SMILES string of the molecule is CC1CN(C)CCC1Nc1cccc(C(=O)O)n1. The average molecular weight is 249 g/mol. The Bertz CT molecular complexity index is 436. The normalized spacial score (nSPS) is 24.8. The topological polar surface area (TPSA) is 65.5 Å². The first kappa shape index (κ1) is 12.8. The first-order valence-electron chi connectivity index (χ1n) is 6.21. The van der Waals surface area contributed by atoms with E-state index in [0.717, 1.165) is 19.5 Å². The molecular weight excluding hydrogens is 230 g/mol. The van der Waals surface area contributed by atoms with Gasteiger partial charge in [0.25, 0.3) is 0 Å². The predicted molar refractivity (Wildman–Crippen MR) is 69.9 cm³/mol. The number of carbonyl (C=O) groups is 1.